The molecule has 3 N–H and O–H groups in total. The highest BCUT2D eigenvalue weighted by atomic mass is 32.2. The van der Waals surface area contributed by atoms with Gasteiger partial charge in [-0.05, 0) is 43.2 Å². The van der Waals surface area contributed by atoms with Crippen LogP contribution in [0.1, 0.15) is 31.7 Å². The van der Waals surface area contributed by atoms with Gasteiger partial charge in [-0.15, -0.1) is 0 Å². The number of nitrogen functional groups attached to an aromatic ring is 1. The molecule has 0 saturated heterocycles. The molecular formula is C14H19N3S. The van der Waals surface area contributed by atoms with Gasteiger partial charge in [0.15, 0.2) is 0 Å². The number of nitrogens with zero attached hydrogens (tertiary/aromatic N) is 1. The molecule has 4 heteroatoms. The second-order valence-electron chi connectivity index (χ2n) is 4.65. The van der Waals surface area contributed by atoms with Crippen molar-refractivity contribution >= 4 is 23.1 Å². The zero-order valence-electron chi connectivity index (χ0n) is 10.6. The van der Waals surface area contributed by atoms with Crippen molar-refractivity contribution in [2.24, 2.45) is 0 Å². The van der Waals surface area contributed by atoms with E-state index in [2.05, 4.69) is 30.1 Å². The fourth-order valence-corrected chi connectivity index (χ4v) is 3.58. The zero-order chi connectivity index (χ0) is 13.0. The van der Waals surface area contributed by atoms with Crippen molar-refractivity contribution in [3.05, 3.63) is 23.8 Å². The Bertz CT molecular complexity index is 453. The summed E-state index contributed by atoms with van der Waals surface area (Å²) in [6.45, 7) is 2.21. The smallest absolute Gasteiger partial charge is 0.101 e. The van der Waals surface area contributed by atoms with Crippen molar-refractivity contribution in [2.75, 3.05) is 16.8 Å². The Balaban J connectivity index is 1.97. The molecular weight excluding hydrogens is 242 g/mol. The molecule has 96 valence electrons. The SMILES string of the molecule is CCSC1CCC(Nc2ccc(N)c(C#N)c2)C1. The molecule has 1 fully saturated rings. The Kier molecular flexibility index (Phi) is 4.38. The predicted molar refractivity (Wildman–Crippen MR) is 78.8 cm³/mol. The Hall–Kier alpha value is -1.34. The summed E-state index contributed by atoms with van der Waals surface area (Å²) in [4.78, 5) is 0. The first-order chi connectivity index (χ1) is 8.72. The third-order valence-electron chi connectivity index (χ3n) is 3.33. The normalized spacial score (nSPS) is 22.7. The van der Waals surface area contributed by atoms with Crippen LogP contribution in [0.3, 0.4) is 0 Å². The van der Waals surface area contributed by atoms with E-state index in [1.54, 1.807) is 6.07 Å². The number of nitrogens with two attached hydrogens (primary N) is 1. The lowest BCUT2D eigenvalue weighted by molar-refractivity contribution is 0.757. The third-order valence-corrected chi connectivity index (χ3v) is 4.56. The van der Waals surface area contributed by atoms with Crippen LogP contribution >= 0.6 is 11.8 Å². The zero-order valence-corrected chi connectivity index (χ0v) is 11.5. The van der Waals surface area contributed by atoms with Crippen molar-refractivity contribution in [1.29, 1.82) is 5.26 Å². The van der Waals surface area contributed by atoms with E-state index < -0.39 is 0 Å². The maximum absolute atomic E-state index is 8.95. The van der Waals surface area contributed by atoms with Crippen LogP contribution in [0.4, 0.5) is 11.4 Å². The van der Waals surface area contributed by atoms with E-state index in [0.717, 1.165) is 10.9 Å². The standard InChI is InChI=1S/C14H19N3S/c1-2-18-13-5-3-12(8-13)17-11-4-6-14(16)10(7-11)9-15/h4,6-7,12-13,17H,2-3,5,8,16H2,1H3. The Morgan fingerprint density at radius 1 is 1.50 bits per heavy atom. The van der Waals surface area contributed by atoms with Gasteiger partial charge in [0.2, 0.25) is 0 Å². The Labute approximate surface area is 113 Å². The van der Waals surface area contributed by atoms with Gasteiger partial charge in [-0.1, -0.05) is 6.92 Å². The summed E-state index contributed by atoms with van der Waals surface area (Å²) >= 11 is 2.05. The lowest BCUT2D eigenvalue weighted by Crippen LogP contribution is -2.16. The molecule has 3 nitrogen and oxygen atoms in total. The second-order valence-corrected chi connectivity index (χ2v) is 6.22. The highest BCUT2D eigenvalue weighted by Crippen LogP contribution is 2.31. The molecule has 0 heterocycles. The number of nitriles is 1. The van der Waals surface area contributed by atoms with Gasteiger partial charge in [-0.25, -0.2) is 0 Å². The van der Waals surface area contributed by atoms with E-state index in [-0.39, 0.29) is 0 Å². The molecule has 2 atom stereocenters. The minimum absolute atomic E-state index is 0.532. The van der Waals surface area contributed by atoms with Crippen LogP contribution in [0, 0.1) is 11.3 Å². The molecule has 18 heavy (non-hydrogen) atoms. The number of rotatable bonds is 4. The highest BCUT2D eigenvalue weighted by molar-refractivity contribution is 7.99. The van der Waals surface area contributed by atoms with Crippen LogP contribution in [-0.2, 0) is 0 Å². The number of nitrogens with one attached hydrogen (secondary N) is 1. The topological polar surface area (TPSA) is 61.8 Å². The molecule has 1 saturated carbocycles. The first-order valence-corrected chi connectivity index (χ1v) is 7.45. The first kappa shape index (κ1) is 13.1. The largest absolute Gasteiger partial charge is 0.398 e. The summed E-state index contributed by atoms with van der Waals surface area (Å²) in [5.74, 6) is 1.19. The van der Waals surface area contributed by atoms with Crippen LogP contribution in [0.2, 0.25) is 0 Å². The Morgan fingerprint density at radius 2 is 2.33 bits per heavy atom. The van der Waals surface area contributed by atoms with E-state index in [0.29, 0.717) is 17.3 Å². The van der Waals surface area contributed by atoms with Gasteiger partial charge in [-0.3, -0.25) is 0 Å². The van der Waals surface area contributed by atoms with Crippen LogP contribution < -0.4 is 11.1 Å². The van der Waals surface area contributed by atoms with Gasteiger partial charge in [0.05, 0.1) is 5.56 Å². The summed E-state index contributed by atoms with van der Waals surface area (Å²) < 4.78 is 0. The van der Waals surface area contributed by atoms with E-state index in [1.165, 1.54) is 25.0 Å². The van der Waals surface area contributed by atoms with E-state index >= 15 is 0 Å². The quantitative estimate of drug-likeness (QED) is 0.817. The summed E-state index contributed by atoms with van der Waals surface area (Å²) in [5.41, 5.74) is 7.83. The van der Waals surface area contributed by atoms with Crippen LogP contribution in [0.25, 0.3) is 0 Å². The lowest BCUT2D eigenvalue weighted by atomic mass is 10.1. The summed E-state index contributed by atoms with van der Waals surface area (Å²) in [7, 11) is 0. The molecule has 2 rings (SSSR count). The molecule has 1 aromatic carbocycles. The van der Waals surface area contributed by atoms with Gasteiger partial charge in [-0.2, -0.15) is 17.0 Å². The maximum atomic E-state index is 8.95. The van der Waals surface area contributed by atoms with Crippen LogP contribution in [-0.4, -0.2) is 17.0 Å². The summed E-state index contributed by atoms with van der Waals surface area (Å²) in [5, 5.41) is 13.3. The monoisotopic (exact) mass is 261 g/mol. The molecule has 0 radical (unpaired) electrons. The van der Waals surface area contributed by atoms with Crippen molar-refractivity contribution in [3.8, 4) is 6.07 Å². The lowest BCUT2D eigenvalue weighted by Gasteiger charge is -2.15. The third kappa shape index (κ3) is 3.11. The highest BCUT2D eigenvalue weighted by Gasteiger charge is 2.24. The van der Waals surface area contributed by atoms with Crippen molar-refractivity contribution < 1.29 is 0 Å². The van der Waals surface area contributed by atoms with Gasteiger partial charge < -0.3 is 11.1 Å². The summed E-state index contributed by atoms with van der Waals surface area (Å²) in [6.07, 6.45) is 3.71. The van der Waals surface area contributed by atoms with E-state index in [1.807, 2.05) is 12.1 Å². The van der Waals surface area contributed by atoms with Crippen molar-refractivity contribution in [3.63, 3.8) is 0 Å². The molecule has 2 unspecified atom stereocenters. The van der Waals surface area contributed by atoms with E-state index in [4.69, 9.17) is 11.0 Å². The fraction of sp³-hybridized carbons (Fsp3) is 0.500. The van der Waals surface area contributed by atoms with Crippen LogP contribution in [0.15, 0.2) is 18.2 Å². The molecule has 1 aromatic rings. The van der Waals surface area contributed by atoms with Gasteiger partial charge >= 0.3 is 0 Å². The van der Waals surface area contributed by atoms with Crippen LogP contribution in [0.5, 0.6) is 0 Å². The predicted octanol–water partition coefficient (Wildman–Crippen LogP) is 3.23. The molecule has 1 aliphatic rings. The van der Waals surface area contributed by atoms with Crippen molar-refractivity contribution in [2.45, 2.75) is 37.5 Å². The number of thioether (sulfide) groups is 1. The summed E-state index contributed by atoms with van der Waals surface area (Å²) in [6, 6.07) is 8.25. The average molecular weight is 261 g/mol. The van der Waals surface area contributed by atoms with E-state index in [9.17, 15) is 0 Å². The van der Waals surface area contributed by atoms with Gasteiger partial charge in [0, 0.05) is 22.7 Å². The molecule has 0 amide bonds. The average Bonchev–Trinajstić information content (AvgIpc) is 2.80. The molecule has 0 aromatic heterocycles. The molecule has 1 aliphatic carbocycles. The molecule has 0 spiro atoms. The number of anilines is 2. The fourth-order valence-electron chi connectivity index (χ4n) is 2.44. The number of benzene rings is 1. The number of hydrogen-bond donors (Lipinski definition) is 2. The molecule has 0 bridgehead atoms. The van der Waals surface area contributed by atoms with Crippen molar-refractivity contribution in [1.82, 2.24) is 0 Å². The maximum Gasteiger partial charge on any atom is 0.101 e. The molecule has 0 aliphatic heterocycles. The van der Waals surface area contributed by atoms with Gasteiger partial charge in [0.1, 0.15) is 6.07 Å². The minimum Gasteiger partial charge on any atom is -0.398 e. The van der Waals surface area contributed by atoms with Gasteiger partial charge in [0.25, 0.3) is 0 Å². The minimum atomic E-state index is 0.532. The second kappa shape index (κ2) is 6.01. The Morgan fingerprint density at radius 3 is 3.06 bits per heavy atom. The number of hydrogen-bond acceptors (Lipinski definition) is 4. The first-order valence-electron chi connectivity index (χ1n) is 6.40.